The fourth-order valence-corrected chi connectivity index (χ4v) is 2.02. The average Bonchev–Trinajstić information content (AvgIpc) is 2.93. The molecule has 1 aliphatic rings. The molecular weight excluding hydrogens is 218 g/mol. The van der Waals surface area contributed by atoms with E-state index in [-0.39, 0.29) is 5.91 Å². The molecule has 0 aromatic carbocycles. The fourth-order valence-electron chi connectivity index (χ4n) is 2.02. The second-order valence-corrected chi connectivity index (χ2v) is 4.07. The Hall–Kier alpha value is -2.17. The van der Waals surface area contributed by atoms with Gasteiger partial charge in [-0.3, -0.25) is 9.78 Å². The van der Waals surface area contributed by atoms with Gasteiger partial charge in [-0.15, -0.1) is 0 Å². The maximum atomic E-state index is 12.2. The van der Waals surface area contributed by atoms with Crippen molar-refractivity contribution in [3.8, 4) is 0 Å². The third kappa shape index (κ3) is 1.60. The molecular formula is C12H11N3O2. The largest absolute Gasteiger partial charge is 0.361 e. The number of amides is 1. The predicted molar refractivity (Wildman–Crippen MR) is 59.1 cm³/mol. The summed E-state index contributed by atoms with van der Waals surface area (Å²) in [5.74, 6) is 0.501. The first-order valence-electron chi connectivity index (χ1n) is 5.39. The van der Waals surface area contributed by atoms with Crippen molar-refractivity contribution >= 4 is 5.91 Å². The fraction of sp³-hybridized carbons (Fsp3) is 0.250. The molecule has 86 valence electrons. The van der Waals surface area contributed by atoms with Crippen LogP contribution in [0.1, 0.15) is 27.4 Å². The molecule has 0 unspecified atom stereocenters. The van der Waals surface area contributed by atoms with Crippen LogP contribution in [-0.2, 0) is 13.1 Å². The van der Waals surface area contributed by atoms with Crippen LogP contribution in [0.5, 0.6) is 0 Å². The Bertz CT molecular complexity index is 552. The van der Waals surface area contributed by atoms with Gasteiger partial charge >= 0.3 is 0 Å². The van der Waals surface area contributed by atoms with Crippen molar-refractivity contribution in [1.29, 1.82) is 0 Å². The lowest BCUT2D eigenvalue weighted by Crippen LogP contribution is -2.25. The number of hydrogen-bond acceptors (Lipinski definition) is 4. The molecule has 0 bridgehead atoms. The van der Waals surface area contributed by atoms with Gasteiger partial charge in [0.25, 0.3) is 5.91 Å². The van der Waals surface area contributed by atoms with E-state index in [4.69, 9.17) is 4.52 Å². The summed E-state index contributed by atoms with van der Waals surface area (Å²) in [6, 6.07) is 3.88. The van der Waals surface area contributed by atoms with E-state index in [0.29, 0.717) is 24.4 Å². The second-order valence-electron chi connectivity index (χ2n) is 4.07. The van der Waals surface area contributed by atoms with Crippen molar-refractivity contribution in [3.63, 3.8) is 0 Å². The van der Waals surface area contributed by atoms with Gasteiger partial charge in [-0.2, -0.15) is 0 Å². The van der Waals surface area contributed by atoms with E-state index in [2.05, 4.69) is 10.1 Å². The number of carbonyl (C=O) groups excluding carboxylic acids is 1. The predicted octanol–water partition coefficient (Wildman–Crippen LogP) is 1.53. The van der Waals surface area contributed by atoms with Crippen LogP contribution in [0.3, 0.4) is 0 Å². The zero-order chi connectivity index (χ0) is 11.8. The molecule has 1 aliphatic heterocycles. The summed E-state index contributed by atoms with van der Waals surface area (Å²) >= 11 is 0. The summed E-state index contributed by atoms with van der Waals surface area (Å²) in [4.78, 5) is 18.2. The van der Waals surface area contributed by atoms with Crippen LogP contribution in [0.4, 0.5) is 0 Å². The van der Waals surface area contributed by atoms with Gasteiger partial charge in [-0.05, 0) is 18.6 Å². The average molecular weight is 229 g/mol. The molecule has 0 fully saturated rings. The van der Waals surface area contributed by atoms with Crippen LogP contribution in [0, 0.1) is 6.92 Å². The van der Waals surface area contributed by atoms with Crippen molar-refractivity contribution in [2.45, 2.75) is 20.0 Å². The Balaban J connectivity index is 1.86. The standard InChI is InChI=1S/C12H11N3O2/c1-8-10(5-14-17-8)12(16)15-6-9-3-2-4-13-11(9)7-15/h2-5H,6-7H2,1H3. The molecule has 5 nitrogen and oxygen atoms in total. The first kappa shape index (κ1) is 10.0. The molecule has 0 saturated carbocycles. The Morgan fingerprint density at radius 2 is 2.35 bits per heavy atom. The molecule has 1 amide bonds. The number of pyridine rings is 1. The Morgan fingerprint density at radius 3 is 3.06 bits per heavy atom. The van der Waals surface area contributed by atoms with Crippen LogP contribution in [0.15, 0.2) is 29.0 Å². The van der Waals surface area contributed by atoms with E-state index in [1.807, 2.05) is 12.1 Å². The van der Waals surface area contributed by atoms with E-state index in [1.54, 1.807) is 18.0 Å². The molecule has 0 spiro atoms. The lowest BCUT2D eigenvalue weighted by Gasteiger charge is -2.13. The van der Waals surface area contributed by atoms with Gasteiger partial charge in [0, 0.05) is 12.7 Å². The quantitative estimate of drug-likeness (QED) is 0.744. The van der Waals surface area contributed by atoms with Gasteiger partial charge in [0.15, 0.2) is 0 Å². The third-order valence-electron chi connectivity index (χ3n) is 2.95. The lowest BCUT2D eigenvalue weighted by atomic mass is 10.2. The van der Waals surface area contributed by atoms with Gasteiger partial charge in [-0.25, -0.2) is 0 Å². The van der Waals surface area contributed by atoms with Gasteiger partial charge in [-0.1, -0.05) is 11.2 Å². The smallest absolute Gasteiger partial charge is 0.259 e. The van der Waals surface area contributed by atoms with E-state index in [1.165, 1.54) is 6.20 Å². The number of rotatable bonds is 1. The number of fused-ring (bicyclic) bond motifs is 1. The van der Waals surface area contributed by atoms with Crippen molar-refractivity contribution in [2.24, 2.45) is 0 Å². The SMILES string of the molecule is Cc1oncc1C(=O)N1Cc2cccnc2C1. The molecule has 2 aromatic rings. The molecule has 3 heterocycles. The van der Waals surface area contributed by atoms with Crippen molar-refractivity contribution in [1.82, 2.24) is 15.0 Å². The van der Waals surface area contributed by atoms with Gasteiger partial charge < -0.3 is 9.42 Å². The summed E-state index contributed by atoms with van der Waals surface area (Å²) in [6.07, 6.45) is 3.21. The monoisotopic (exact) mass is 229 g/mol. The topological polar surface area (TPSA) is 59.2 Å². The number of aromatic nitrogens is 2. The minimum Gasteiger partial charge on any atom is -0.361 e. The zero-order valence-electron chi connectivity index (χ0n) is 9.38. The molecule has 0 N–H and O–H groups in total. The maximum absolute atomic E-state index is 12.2. The number of hydrogen-bond donors (Lipinski definition) is 0. The minimum absolute atomic E-state index is 0.0539. The first-order chi connectivity index (χ1) is 8.25. The Kier molecular flexibility index (Phi) is 2.18. The van der Waals surface area contributed by atoms with Crippen LogP contribution < -0.4 is 0 Å². The summed E-state index contributed by atoms with van der Waals surface area (Å²) in [5.41, 5.74) is 2.60. The lowest BCUT2D eigenvalue weighted by molar-refractivity contribution is 0.0748. The van der Waals surface area contributed by atoms with E-state index < -0.39 is 0 Å². The first-order valence-corrected chi connectivity index (χ1v) is 5.39. The summed E-state index contributed by atoms with van der Waals surface area (Å²) < 4.78 is 4.91. The molecule has 0 radical (unpaired) electrons. The van der Waals surface area contributed by atoms with Crippen LogP contribution in [0.25, 0.3) is 0 Å². The molecule has 17 heavy (non-hydrogen) atoms. The van der Waals surface area contributed by atoms with Gasteiger partial charge in [0.1, 0.15) is 11.3 Å². The summed E-state index contributed by atoms with van der Waals surface area (Å²) in [7, 11) is 0. The van der Waals surface area contributed by atoms with Crippen LogP contribution >= 0.6 is 0 Å². The summed E-state index contributed by atoms with van der Waals surface area (Å²) in [6.45, 7) is 2.90. The molecule has 2 aromatic heterocycles. The highest BCUT2D eigenvalue weighted by molar-refractivity contribution is 5.95. The van der Waals surface area contributed by atoms with Crippen LogP contribution in [-0.4, -0.2) is 20.9 Å². The Morgan fingerprint density at radius 1 is 1.47 bits per heavy atom. The maximum Gasteiger partial charge on any atom is 0.259 e. The van der Waals surface area contributed by atoms with Crippen molar-refractivity contribution < 1.29 is 9.32 Å². The highest BCUT2D eigenvalue weighted by Gasteiger charge is 2.26. The highest BCUT2D eigenvalue weighted by atomic mass is 16.5. The van der Waals surface area contributed by atoms with Crippen LogP contribution in [0.2, 0.25) is 0 Å². The summed E-state index contributed by atoms with van der Waals surface area (Å²) in [5, 5.41) is 3.63. The number of carbonyl (C=O) groups is 1. The van der Waals surface area contributed by atoms with Gasteiger partial charge in [0.05, 0.1) is 18.4 Å². The molecule has 0 aliphatic carbocycles. The molecule has 0 saturated heterocycles. The third-order valence-corrected chi connectivity index (χ3v) is 2.95. The molecule has 5 heteroatoms. The second kappa shape index (κ2) is 3.69. The van der Waals surface area contributed by atoms with Crippen molar-refractivity contribution in [2.75, 3.05) is 0 Å². The van der Waals surface area contributed by atoms with E-state index in [9.17, 15) is 4.79 Å². The normalized spacial score (nSPS) is 13.8. The Labute approximate surface area is 98.0 Å². The van der Waals surface area contributed by atoms with Gasteiger partial charge in [0.2, 0.25) is 0 Å². The molecule has 3 rings (SSSR count). The van der Waals surface area contributed by atoms with E-state index in [0.717, 1.165) is 11.3 Å². The number of nitrogens with zero attached hydrogens (tertiary/aromatic N) is 3. The minimum atomic E-state index is -0.0539. The zero-order valence-corrected chi connectivity index (χ0v) is 9.38. The molecule has 0 atom stereocenters. The highest BCUT2D eigenvalue weighted by Crippen LogP contribution is 2.22. The number of aryl methyl sites for hydroxylation is 1. The van der Waals surface area contributed by atoms with E-state index >= 15 is 0 Å². The van der Waals surface area contributed by atoms with Crippen molar-refractivity contribution in [3.05, 3.63) is 47.1 Å².